The summed E-state index contributed by atoms with van der Waals surface area (Å²) in [5, 5.41) is 11.6. The molecule has 20 heavy (non-hydrogen) atoms. The molecule has 1 atom stereocenters. The summed E-state index contributed by atoms with van der Waals surface area (Å²) in [6, 6.07) is 5.04. The molecule has 1 aromatic rings. The molecule has 2 heterocycles. The number of nitrogens with one attached hydrogen (secondary N) is 1. The molecule has 1 fully saturated rings. The van der Waals surface area contributed by atoms with Crippen LogP contribution in [0.2, 0.25) is 0 Å². The van der Waals surface area contributed by atoms with Crippen molar-refractivity contribution in [1.29, 1.82) is 0 Å². The number of carboxylic acids is 1. The van der Waals surface area contributed by atoms with Crippen molar-refractivity contribution in [3.05, 3.63) is 23.9 Å². The Kier molecular flexibility index (Phi) is 4.39. The molecule has 0 aromatic carbocycles. The molecule has 0 aliphatic carbocycles. The molecule has 2 amide bonds. The molecular formula is C13H17N3O4. The second-order valence-corrected chi connectivity index (χ2v) is 4.60. The van der Waals surface area contributed by atoms with Gasteiger partial charge in [-0.05, 0) is 12.5 Å². The number of urea groups is 1. The first-order valence-corrected chi connectivity index (χ1v) is 6.35. The largest absolute Gasteiger partial charge is 0.481 e. The molecule has 0 radical (unpaired) electrons. The highest BCUT2D eigenvalue weighted by atomic mass is 16.5. The fourth-order valence-electron chi connectivity index (χ4n) is 2.09. The Morgan fingerprint density at radius 1 is 1.55 bits per heavy atom. The van der Waals surface area contributed by atoms with E-state index in [1.807, 2.05) is 0 Å². The van der Waals surface area contributed by atoms with Crippen molar-refractivity contribution in [2.75, 3.05) is 20.2 Å². The predicted molar refractivity (Wildman–Crippen MR) is 70.3 cm³/mol. The average Bonchev–Trinajstić information content (AvgIpc) is 2.95. The molecule has 108 valence electrons. The summed E-state index contributed by atoms with van der Waals surface area (Å²) in [5.74, 6) is -0.825. The second-order valence-electron chi connectivity index (χ2n) is 4.60. The van der Waals surface area contributed by atoms with Crippen LogP contribution in [0, 0.1) is 5.92 Å². The van der Waals surface area contributed by atoms with Crippen LogP contribution in [0.15, 0.2) is 18.2 Å². The van der Waals surface area contributed by atoms with Gasteiger partial charge in [0.05, 0.1) is 25.3 Å². The number of hydrogen-bond acceptors (Lipinski definition) is 4. The van der Waals surface area contributed by atoms with Gasteiger partial charge in [-0.3, -0.25) is 4.79 Å². The normalized spacial score (nSPS) is 17.9. The van der Waals surface area contributed by atoms with Gasteiger partial charge in [-0.15, -0.1) is 0 Å². The SMILES string of the molecule is COc1cccc(CNC(=O)N2CCC(C(=O)O)C2)n1. The summed E-state index contributed by atoms with van der Waals surface area (Å²) < 4.78 is 5.00. The Balaban J connectivity index is 1.85. The van der Waals surface area contributed by atoms with Crippen molar-refractivity contribution < 1.29 is 19.4 Å². The van der Waals surface area contributed by atoms with E-state index < -0.39 is 11.9 Å². The van der Waals surface area contributed by atoms with Crippen LogP contribution in [0.5, 0.6) is 5.88 Å². The maximum Gasteiger partial charge on any atom is 0.317 e. The Hall–Kier alpha value is -2.31. The molecule has 0 saturated carbocycles. The minimum Gasteiger partial charge on any atom is -0.481 e. The Morgan fingerprint density at radius 2 is 2.35 bits per heavy atom. The number of carbonyl (C=O) groups is 2. The van der Waals surface area contributed by atoms with Gasteiger partial charge in [-0.25, -0.2) is 9.78 Å². The lowest BCUT2D eigenvalue weighted by molar-refractivity contribution is -0.141. The van der Waals surface area contributed by atoms with E-state index in [1.54, 1.807) is 18.2 Å². The third-order valence-electron chi connectivity index (χ3n) is 3.24. The number of amides is 2. The van der Waals surface area contributed by atoms with Crippen molar-refractivity contribution in [2.45, 2.75) is 13.0 Å². The number of ether oxygens (including phenoxy) is 1. The zero-order chi connectivity index (χ0) is 14.5. The lowest BCUT2D eigenvalue weighted by Gasteiger charge is -2.16. The van der Waals surface area contributed by atoms with E-state index in [9.17, 15) is 9.59 Å². The number of nitrogens with zero attached hydrogens (tertiary/aromatic N) is 2. The Morgan fingerprint density at radius 3 is 3.00 bits per heavy atom. The molecule has 1 aliphatic heterocycles. The number of carbonyl (C=O) groups excluding carboxylic acids is 1. The van der Waals surface area contributed by atoms with E-state index >= 15 is 0 Å². The molecule has 2 N–H and O–H groups in total. The minimum absolute atomic E-state index is 0.257. The number of methoxy groups -OCH3 is 1. The molecule has 0 spiro atoms. The average molecular weight is 279 g/mol. The smallest absolute Gasteiger partial charge is 0.317 e. The Bertz CT molecular complexity index is 506. The number of hydrogen-bond donors (Lipinski definition) is 2. The standard InChI is InChI=1S/C13H17N3O4/c1-20-11-4-2-3-10(15-11)7-14-13(19)16-6-5-9(8-16)12(17)18/h2-4,9H,5-8H2,1H3,(H,14,19)(H,17,18). The first kappa shape index (κ1) is 14.1. The second kappa shape index (κ2) is 6.23. The maximum absolute atomic E-state index is 11.9. The molecule has 1 aromatic heterocycles. The van der Waals surface area contributed by atoms with Crippen molar-refractivity contribution in [2.24, 2.45) is 5.92 Å². The zero-order valence-electron chi connectivity index (χ0n) is 11.2. The van der Waals surface area contributed by atoms with E-state index in [0.717, 1.165) is 0 Å². The molecular weight excluding hydrogens is 262 g/mol. The van der Waals surface area contributed by atoms with Crippen LogP contribution in [0.3, 0.4) is 0 Å². The molecule has 0 bridgehead atoms. The van der Waals surface area contributed by atoms with Crippen LogP contribution in [0.1, 0.15) is 12.1 Å². The fourth-order valence-corrected chi connectivity index (χ4v) is 2.09. The van der Waals surface area contributed by atoms with E-state index in [-0.39, 0.29) is 19.1 Å². The number of carboxylic acid groups (broad SMARTS) is 1. The maximum atomic E-state index is 11.9. The Labute approximate surface area is 116 Å². The van der Waals surface area contributed by atoms with E-state index in [2.05, 4.69) is 10.3 Å². The molecule has 1 aliphatic rings. The predicted octanol–water partition coefficient (Wildman–Crippen LogP) is 0.706. The van der Waals surface area contributed by atoms with Crippen LogP contribution in [-0.4, -0.2) is 47.2 Å². The summed E-state index contributed by atoms with van der Waals surface area (Å²) in [5.41, 5.74) is 0.687. The van der Waals surface area contributed by atoms with Crippen molar-refractivity contribution in [1.82, 2.24) is 15.2 Å². The summed E-state index contributed by atoms with van der Waals surface area (Å²) in [6.07, 6.45) is 0.500. The van der Waals surface area contributed by atoms with E-state index in [1.165, 1.54) is 12.0 Å². The third kappa shape index (κ3) is 3.37. The number of rotatable bonds is 4. The van der Waals surface area contributed by atoms with Crippen LogP contribution >= 0.6 is 0 Å². The van der Waals surface area contributed by atoms with E-state index in [0.29, 0.717) is 24.5 Å². The monoisotopic (exact) mass is 279 g/mol. The van der Waals surface area contributed by atoms with Crippen LogP contribution < -0.4 is 10.1 Å². The lowest BCUT2D eigenvalue weighted by atomic mass is 10.1. The number of aromatic nitrogens is 1. The van der Waals surface area contributed by atoms with Gasteiger partial charge in [0.2, 0.25) is 5.88 Å². The number of aliphatic carboxylic acids is 1. The minimum atomic E-state index is -0.852. The molecule has 1 unspecified atom stereocenters. The van der Waals surface area contributed by atoms with Gasteiger partial charge in [0.25, 0.3) is 0 Å². The number of likely N-dealkylation sites (tertiary alicyclic amines) is 1. The van der Waals surface area contributed by atoms with Crippen molar-refractivity contribution in [3.8, 4) is 5.88 Å². The van der Waals surface area contributed by atoms with Gasteiger partial charge in [0.15, 0.2) is 0 Å². The topological polar surface area (TPSA) is 91.8 Å². The fraction of sp³-hybridized carbons (Fsp3) is 0.462. The highest BCUT2D eigenvalue weighted by Gasteiger charge is 2.30. The van der Waals surface area contributed by atoms with Crippen LogP contribution in [0.4, 0.5) is 4.79 Å². The van der Waals surface area contributed by atoms with Gasteiger partial charge >= 0.3 is 12.0 Å². The molecule has 7 nitrogen and oxygen atoms in total. The zero-order valence-corrected chi connectivity index (χ0v) is 11.2. The summed E-state index contributed by atoms with van der Waals surface area (Å²) in [7, 11) is 1.53. The van der Waals surface area contributed by atoms with Crippen LogP contribution in [-0.2, 0) is 11.3 Å². The lowest BCUT2D eigenvalue weighted by Crippen LogP contribution is -2.38. The highest BCUT2D eigenvalue weighted by molar-refractivity contribution is 5.77. The van der Waals surface area contributed by atoms with Gasteiger partial charge in [-0.1, -0.05) is 6.07 Å². The van der Waals surface area contributed by atoms with Gasteiger partial charge < -0.3 is 20.1 Å². The molecule has 2 rings (SSSR count). The first-order chi connectivity index (χ1) is 9.60. The quantitative estimate of drug-likeness (QED) is 0.846. The van der Waals surface area contributed by atoms with Crippen LogP contribution in [0.25, 0.3) is 0 Å². The summed E-state index contributed by atoms with van der Waals surface area (Å²) in [6.45, 7) is 1.01. The van der Waals surface area contributed by atoms with Gasteiger partial charge in [-0.2, -0.15) is 0 Å². The molecule has 7 heteroatoms. The first-order valence-electron chi connectivity index (χ1n) is 6.35. The highest BCUT2D eigenvalue weighted by Crippen LogP contribution is 2.16. The molecule has 1 saturated heterocycles. The third-order valence-corrected chi connectivity index (χ3v) is 3.24. The van der Waals surface area contributed by atoms with Gasteiger partial charge in [0.1, 0.15) is 0 Å². The van der Waals surface area contributed by atoms with Crippen molar-refractivity contribution >= 4 is 12.0 Å². The van der Waals surface area contributed by atoms with Gasteiger partial charge in [0, 0.05) is 19.2 Å². The number of pyridine rings is 1. The summed E-state index contributed by atoms with van der Waals surface area (Å²) in [4.78, 5) is 28.4. The van der Waals surface area contributed by atoms with Crippen molar-refractivity contribution in [3.63, 3.8) is 0 Å². The van der Waals surface area contributed by atoms with E-state index in [4.69, 9.17) is 9.84 Å². The summed E-state index contributed by atoms with van der Waals surface area (Å²) >= 11 is 0.